The highest BCUT2D eigenvalue weighted by atomic mass is 35.5. The van der Waals surface area contributed by atoms with Crippen molar-refractivity contribution in [2.45, 2.75) is 127 Å². The van der Waals surface area contributed by atoms with Crippen molar-refractivity contribution >= 4 is 40.6 Å². The molecule has 19 heteroatoms. The minimum Gasteiger partial charge on any atom is -0.484 e. The Morgan fingerprint density at radius 3 is 1.78 bits per heavy atom. The number of aromatic nitrogens is 4. The van der Waals surface area contributed by atoms with E-state index in [-0.39, 0.29) is 58.2 Å². The molecule has 0 radical (unpaired) electrons. The Morgan fingerprint density at radius 1 is 0.746 bits per heavy atom. The summed E-state index contributed by atoms with van der Waals surface area (Å²) in [7, 11) is 0. The van der Waals surface area contributed by atoms with Gasteiger partial charge >= 0.3 is 0 Å². The van der Waals surface area contributed by atoms with E-state index in [0.717, 1.165) is 38.4 Å². The molecule has 4 unspecified atom stereocenters. The van der Waals surface area contributed by atoms with Crippen molar-refractivity contribution < 1.29 is 27.7 Å². The van der Waals surface area contributed by atoms with Crippen LogP contribution < -0.4 is 31.2 Å². The fraction of sp³-hybridized carbons (Fsp3) is 0.542. The third kappa shape index (κ3) is 11.7. The Morgan fingerprint density at radius 2 is 1.25 bits per heavy atom. The molecule has 16 nitrogen and oxygen atoms in total. The van der Waals surface area contributed by atoms with E-state index in [1.54, 1.807) is 36.4 Å². The summed E-state index contributed by atoms with van der Waals surface area (Å²) in [6.07, 6.45) is 11.2. The summed E-state index contributed by atoms with van der Waals surface area (Å²) in [5, 5.41) is 28.0. The number of rotatable bonds is 10. The number of halogens is 3. The van der Waals surface area contributed by atoms with Gasteiger partial charge in [0, 0.05) is 46.6 Å². The standard InChI is InChI=1S/C24H29FN6O2.C14H20ClFN4.C10H10N2O2/c1-24(2)10-17(9-18-4-3-7-31(18)24)28-22-20(25)12-27-23(30-22)29-16-5-6-21(15(8-16)11-26)33-19-13-32-14-19;1-14(2)7-9(6-10-4-3-5-20(10)14)18-12-11(16)8-17-13(15)19-12;11-4-7-3-8(12)1-2-10(7)14-9-5-13-6-9/h5-6,8,12,17-19H,3-4,7,9-10,13-14H2,1-2H3,(H2,27,28,29,30);8-10H,3-7H2,1-2H3,(H,17,18,19);1-3,9H,5-6,12H2. The molecule has 2 aromatic heterocycles. The van der Waals surface area contributed by atoms with Crippen molar-refractivity contribution in [3.05, 3.63) is 76.8 Å². The number of nitrogen functional groups attached to an aromatic ring is 1. The topological polar surface area (TPSA) is 205 Å². The smallest absolute Gasteiger partial charge is 0.229 e. The Balaban J connectivity index is 0.000000151. The predicted octanol–water partition coefficient (Wildman–Crippen LogP) is 7.83. The second kappa shape index (κ2) is 20.7. The van der Waals surface area contributed by atoms with Gasteiger partial charge in [-0.25, -0.2) is 18.7 Å². The van der Waals surface area contributed by atoms with Crippen LogP contribution in [0.1, 0.15) is 90.2 Å². The van der Waals surface area contributed by atoms with E-state index in [4.69, 9.17) is 41.5 Å². The number of anilines is 5. The van der Waals surface area contributed by atoms with E-state index in [2.05, 4.69) is 79.5 Å². The summed E-state index contributed by atoms with van der Waals surface area (Å²) in [6, 6.07) is 15.9. The molecule has 6 aliphatic rings. The van der Waals surface area contributed by atoms with Crippen molar-refractivity contribution in [3.8, 4) is 23.6 Å². The van der Waals surface area contributed by atoms with Gasteiger partial charge in [0.25, 0.3) is 0 Å². The molecule has 6 fully saturated rings. The van der Waals surface area contributed by atoms with E-state index >= 15 is 0 Å². The van der Waals surface area contributed by atoms with Gasteiger partial charge in [-0.1, -0.05) is 0 Å². The lowest BCUT2D eigenvalue weighted by molar-refractivity contribution is -0.0797. The third-order valence-corrected chi connectivity index (χ3v) is 13.5. The van der Waals surface area contributed by atoms with Crippen molar-refractivity contribution in [2.75, 3.05) is 61.2 Å². The number of fused-ring (bicyclic) bond motifs is 2. The maximum absolute atomic E-state index is 14.6. The van der Waals surface area contributed by atoms with Crippen LogP contribution in [0.3, 0.4) is 0 Å². The molecule has 67 heavy (non-hydrogen) atoms. The van der Waals surface area contributed by atoms with Crippen LogP contribution in [0.15, 0.2) is 48.8 Å². The van der Waals surface area contributed by atoms with Crippen molar-refractivity contribution in [1.82, 2.24) is 29.7 Å². The average molecular weight is 942 g/mol. The average Bonchev–Trinajstić information content (AvgIpc) is 3.96. The molecular formula is C48H59ClF2N12O4. The molecule has 6 aliphatic heterocycles. The quantitative estimate of drug-likeness (QED) is 0.0883. The van der Waals surface area contributed by atoms with Crippen molar-refractivity contribution in [1.29, 1.82) is 10.5 Å². The highest BCUT2D eigenvalue weighted by Crippen LogP contribution is 2.40. The molecule has 5 N–H and O–H groups in total. The van der Waals surface area contributed by atoms with Crippen LogP contribution in [0, 0.1) is 34.3 Å². The van der Waals surface area contributed by atoms with Gasteiger partial charge in [0.2, 0.25) is 11.2 Å². The second-order valence-electron chi connectivity index (χ2n) is 19.3. The number of benzene rings is 2. The third-order valence-electron chi connectivity index (χ3n) is 13.3. The van der Waals surface area contributed by atoms with E-state index < -0.39 is 11.6 Å². The number of ether oxygens (including phenoxy) is 4. The number of nitrogens with one attached hydrogen (secondary N) is 3. The molecule has 356 valence electrons. The molecule has 6 saturated heterocycles. The monoisotopic (exact) mass is 940 g/mol. The van der Waals surface area contributed by atoms with E-state index in [1.807, 2.05) is 6.07 Å². The van der Waals surface area contributed by atoms with Gasteiger partial charge in [-0.2, -0.15) is 20.5 Å². The minimum absolute atomic E-state index is 0.0222. The van der Waals surface area contributed by atoms with Gasteiger partial charge in [-0.3, -0.25) is 9.80 Å². The fourth-order valence-corrected chi connectivity index (χ4v) is 10.3. The van der Waals surface area contributed by atoms with Gasteiger partial charge in [0.05, 0.1) is 49.9 Å². The first-order chi connectivity index (χ1) is 32.2. The Labute approximate surface area is 395 Å². The van der Waals surface area contributed by atoms with Crippen molar-refractivity contribution in [2.24, 2.45) is 0 Å². The largest absolute Gasteiger partial charge is 0.484 e. The number of nitriles is 2. The van der Waals surface area contributed by atoms with Crippen LogP contribution in [0.2, 0.25) is 5.28 Å². The summed E-state index contributed by atoms with van der Waals surface area (Å²) in [5.41, 5.74) is 7.83. The zero-order valence-corrected chi connectivity index (χ0v) is 39.2. The van der Waals surface area contributed by atoms with Crippen LogP contribution in [-0.4, -0.2) is 117 Å². The van der Waals surface area contributed by atoms with Gasteiger partial charge in [0.1, 0.15) is 35.8 Å². The number of piperidine rings is 2. The normalized spacial score (nSPS) is 24.0. The van der Waals surface area contributed by atoms with Crippen LogP contribution in [0.5, 0.6) is 11.5 Å². The first-order valence-corrected chi connectivity index (χ1v) is 23.4. The Hall–Kier alpha value is -5.63. The second-order valence-corrected chi connectivity index (χ2v) is 19.6. The fourth-order valence-electron chi connectivity index (χ4n) is 10.2. The summed E-state index contributed by atoms with van der Waals surface area (Å²) < 4.78 is 49.7. The van der Waals surface area contributed by atoms with Gasteiger partial charge in [-0.15, -0.1) is 0 Å². The summed E-state index contributed by atoms with van der Waals surface area (Å²) in [5.74, 6) is 0.857. The predicted molar refractivity (Wildman–Crippen MR) is 250 cm³/mol. The highest BCUT2D eigenvalue weighted by Gasteiger charge is 2.44. The molecule has 8 heterocycles. The number of nitrogens with zero attached hydrogens (tertiary/aromatic N) is 8. The van der Waals surface area contributed by atoms with Crippen LogP contribution >= 0.6 is 11.6 Å². The number of hydrogen-bond acceptors (Lipinski definition) is 16. The van der Waals surface area contributed by atoms with Gasteiger partial charge in [0.15, 0.2) is 23.3 Å². The molecule has 0 aliphatic carbocycles. The molecule has 4 aromatic rings. The van der Waals surface area contributed by atoms with E-state index in [9.17, 15) is 14.0 Å². The van der Waals surface area contributed by atoms with Gasteiger partial charge < -0.3 is 40.6 Å². The first-order valence-electron chi connectivity index (χ1n) is 23.0. The molecule has 4 atom stereocenters. The Kier molecular flexibility index (Phi) is 14.8. The van der Waals surface area contributed by atoms with Crippen LogP contribution in [0.25, 0.3) is 0 Å². The summed E-state index contributed by atoms with van der Waals surface area (Å²) in [4.78, 5) is 21.3. The van der Waals surface area contributed by atoms with Gasteiger partial charge in [-0.05, 0) is 140 Å². The van der Waals surface area contributed by atoms with Crippen molar-refractivity contribution in [3.63, 3.8) is 0 Å². The maximum Gasteiger partial charge on any atom is 0.229 e. The SMILES string of the molecule is CC1(C)CC(Nc2nc(Cl)ncc2F)CC2CCCN21.CC1(C)CC(Nc2nc(Nc3ccc(OC4COC4)c(C#N)c3)ncc2F)CC2CCCN21.N#Cc1cc(N)ccc1OC1COC1. The van der Waals surface area contributed by atoms with Crippen LogP contribution in [0.4, 0.5) is 37.7 Å². The first kappa shape index (κ1) is 47.8. The maximum atomic E-state index is 14.6. The lowest BCUT2D eigenvalue weighted by Crippen LogP contribution is -2.55. The summed E-state index contributed by atoms with van der Waals surface area (Å²) in [6.45, 7) is 13.6. The Bertz CT molecular complexity index is 2460. The van der Waals surface area contributed by atoms with E-state index in [0.29, 0.717) is 72.5 Å². The molecule has 0 bridgehead atoms. The molecule has 0 spiro atoms. The zero-order valence-electron chi connectivity index (χ0n) is 38.4. The molecule has 2 aromatic carbocycles. The lowest BCUT2D eigenvalue weighted by atomic mass is 9.84. The number of nitrogens with two attached hydrogens (primary N) is 1. The zero-order chi connectivity index (χ0) is 47.3. The lowest BCUT2D eigenvalue weighted by Gasteiger charge is -2.47. The molecule has 10 rings (SSSR count). The summed E-state index contributed by atoms with van der Waals surface area (Å²) >= 11 is 5.74. The minimum atomic E-state index is -0.476. The number of hydrogen-bond donors (Lipinski definition) is 4. The molecule has 0 amide bonds. The molecule has 0 saturated carbocycles. The van der Waals surface area contributed by atoms with E-state index in [1.165, 1.54) is 38.4 Å². The van der Waals surface area contributed by atoms with Crippen LogP contribution in [-0.2, 0) is 9.47 Å². The highest BCUT2D eigenvalue weighted by molar-refractivity contribution is 6.28. The molecular weight excluding hydrogens is 882 g/mol.